The van der Waals surface area contributed by atoms with Crippen LogP contribution in [-0.4, -0.2) is 38.6 Å². The number of rotatable bonds is 2. The van der Waals surface area contributed by atoms with Crippen molar-refractivity contribution >= 4 is 5.82 Å². The highest BCUT2D eigenvalue weighted by molar-refractivity contribution is 5.35. The molecule has 7 nitrogen and oxygen atoms in total. The lowest BCUT2D eigenvalue weighted by Gasteiger charge is -2.15. The molecule has 0 saturated carbocycles. The molecule has 2 heterocycles. The number of aliphatic hydroxyl groups excluding tert-OH is 2. The van der Waals surface area contributed by atoms with Crippen molar-refractivity contribution < 1.29 is 14.9 Å². The molecular formula is C10H15N3O4. The van der Waals surface area contributed by atoms with E-state index >= 15 is 0 Å². The van der Waals surface area contributed by atoms with Gasteiger partial charge in [-0.2, -0.15) is 4.98 Å². The van der Waals surface area contributed by atoms with Gasteiger partial charge in [0.25, 0.3) is 0 Å². The van der Waals surface area contributed by atoms with Gasteiger partial charge in [-0.1, -0.05) is 0 Å². The molecule has 0 amide bonds. The molecule has 1 fully saturated rings. The summed E-state index contributed by atoms with van der Waals surface area (Å²) < 4.78 is 6.65. The number of anilines is 1. The van der Waals surface area contributed by atoms with Crippen LogP contribution in [0.4, 0.5) is 5.82 Å². The lowest BCUT2D eigenvalue weighted by molar-refractivity contribution is -0.0459. The molecule has 0 aromatic carbocycles. The number of nitrogens with two attached hydrogens (primary N) is 1. The smallest absolute Gasteiger partial charge is 0.351 e. The zero-order valence-electron chi connectivity index (χ0n) is 9.41. The molecule has 4 N–H and O–H groups in total. The number of hydrogen-bond donors (Lipinski definition) is 3. The maximum atomic E-state index is 11.6. The van der Waals surface area contributed by atoms with Crippen molar-refractivity contribution in [2.24, 2.45) is 0 Å². The van der Waals surface area contributed by atoms with Crippen molar-refractivity contribution in [2.45, 2.75) is 31.8 Å². The van der Waals surface area contributed by atoms with Gasteiger partial charge in [-0.15, -0.1) is 0 Å². The number of aliphatic hydroxyl groups is 2. The largest absolute Gasteiger partial charge is 0.394 e. The normalized spacial score (nSPS) is 28.5. The third-order valence-electron chi connectivity index (χ3n) is 2.87. The summed E-state index contributed by atoms with van der Waals surface area (Å²) >= 11 is 0. The topological polar surface area (TPSA) is 111 Å². The number of aromatic nitrogens is 2. The molecule has 1 aliphatic rings. The van der Waals surface area contributed by atoms with E-state index in [4.69, 9.17) is 15.6 Å². The number of nitrogen functional groups attached to an aromatic ring is 1. The average Bonchev–Trinajstić information content (AvgIpc) is 2.65. The second kappa shape index (κ2) is 4.44. The Balaban J connectivity index is 2.30. The molecule has 2 unspecified atom stereocenters. The minimum Gasteiger partial charge on any atom is -0.394 e. The Morgan fingerprint density at radius 3 is 3.00 bits per heavy atom. The van der Waals surface area contributed by atoms with Gasteiger partial charge in [0.15, 0.2) is 0 Å². The Hall–Kier alpha value is -1.44. The third-order valence-corrected chi connectivity index (χ3v) is 2.87. The Kier molecular flexibility index (Phi) is 3.14. The summed E-state index contributed by atoms with van der Waals surface area (Å²) in [6.07, 6.45) is -0.265. The fourth-order valence-corrected chi connectivity index (χ4v) is 1.84. The molecular weight excluding hydrogens is 226 g/mol. The van der Waals surface area contributed by atoms with Gasteiger partial charge in [-0.3, -0.25) is 4.57 Å². The molecule has 0 aliphatic carbocycles. The average molecular weight is 241 g/mol. The van der Waals surface area contributed by atoms with E-state index in [2.05, 4.69) is 4.98 Å². The van der Waals surface area contributed by atoms with Gasteiger partial charge in [0.05, 0.1) is 12.7 Å². The Morgan fingerprint density at radius 2 is 2.41 bits per heavy atom. The van der Waals surface area contributed by atoms with E-state index in [0.717, 1.165) is 0 Å². The van der Waals surface area contributed by atoms with E-state index in [-0.39, 0.29) is 18.8 Å². The van der Waals surface area contributed by atoms with Crippen LogP contribution in [0, 0.1) is 6.92 Å². The second-order valence-corrected chi connectivity index (χ2v) is 4.11. The van der Waals surface area contributed by atoms with Gasteiger partial charge in [0.1, 0.15) is 18.1 Å². The van der Waals surface area contributed by atoms with Crippen molar-refractivity contribution in [2.75, 3.05) is 12.3 Å². The highest BCUT2D eigenvalue weighted by Gasteiger charge is 2.35. The minimum atomic E-state index is -0.783. The van der Waals surface area contributed by atoms with E-state index in [1.165, 1.54) is 4.57 Å². The van der Waals surface area contributed by atoms with Gasteiger partial charge < -0.3 is 20.7 Å². The first-order valence-electron chi connectivity index (χ1n) is 5.32. The standard InChI is InChI=1S/C10H15N3O4/c1-5-3-13(10(16)12-9(5)11)8-2-6(15)7(4-14)17-8/h3,6-8,14-15H,2,4H2,1H3,(H2,11,12,16)/t6-,7?,8?/m1/s1. The summed E-state index contributed by atoms with van der Waals surface area (Å²) in [5.74, 6) is 0.184. The molecule has 7 heteroatoms. The van der Waals surface area contributed by atoms with Gasteiger partial charge in [0.2, 0.25) is 0 Å². The van der Waals surface area contributed by atoms with Crippen LogP contribution in [0.1, 0.15) is 18.2 Å². The Bertz CT molecular complexity index is 473. The van der Waals surface area contributed by atoms with Gasteiger partial charge in [-0.25, -0.2) is 4.79 Å². The Morgan fingerprint density at radius 1 is 1.71 bits per heavy atom. The minimum absolute atomic E-state index is 0.184. The van der Waals surface area contributed by atoms with E-state index in [0.29, 0.717) is 5.56 Å². The number of aryl methyl sites for hydroxylation is 1. The van der Waals surface area contributed by atoms with Crippen LogP contribution in [-0.2, 0) is 4.74 Å². The number of ether oxygens (including phenoxy) is 1. The summed E-state index contributed by atoms with van der Waals surface area (Å²) in [7, 11) is 0. The van der Waals surface area contributed by atoms with Crippen molar-refractivity contribution in [1.29, 1.82) is 0 Å². The van der Waals surface area contributed by atoms with E-state index in [9.17, 15) is 9.90 Å². The van der Waals surface area contributed by atoms with Gasteiger partial charge in [0, 0.05) is 18.2 Å². The van der Waals surface area contributed by atoms with Crippen LogP contribution >= 0.6 is 0 Å². The van der Waals surface area contributed by atoms with Crippen molar-refractivity contribution in [3.05, 3.63) is 22.2 Å². The third kappa shape index (κ3) is 2.17. The summed E-state index contributed by atoms with van der Waals surface area (Å²) in [6, 6.07) is 0. The highest BCUT2D eigenvalue weighted by atomic mass is 16.5. The lowest BCUT2D eigenvalue weighted by atomic mass is 10.2. The van der Waals surface area contributed by atoms with Crippen molar-refractivity contribution in [1.82, 2.24) is 9.55 Å². The molecule has 2 rings (SSSR count). The van der Waals surface area contributed by atoms with Crippen LogP contribution < -0.4 is 11.4 Å². The SMILES string of the molecule is Cc1cn(C2C[C@@H](O)C(CO)O2)c(=O)nc1N. The summed E-state index contributed by atoms with van der Waals surface area (Å²) in [5.41, 5.74) is 5.65. The van der Waals surface area contributed by atoms with Crippen LogP contribution in [0.25, 0.3) is 0 Å². The molecule has 3 atom stereocenters. The van der Waals surface area contributed by atoms with E-state index < -0.39 is 24.1 Å². The van der Waals surface area contributed by atoms with E-state index in [1.54, 1.807) is 13.1 Å². The molecule has 1 aromatic rings. The first-order valence-corrected chi connectivity index (χ1v) is 5.32. The maximum Gasteiger partial charge on any atom is 0.351 e. The Labute approximate surface area is 97.5 Å². The quantitative estimate of drug-likeness (QED) is 0.598. The van der Waals surface area contributed by atoms with E-state index in [1.807, 2.05) is 0 Å². The zero-order valence-corrected chi connectivity index (χ0v) is 9.41. The molecule has 1 aliphatic heterocycles. The second-order valence-electron chi connectivity index (χ2n) is 4.11. The van der Waals surface area contributed by atoms with Gasteiger partial charge >= 0.3 is 5.69 Å². The fourth-order valence-electron chi connectivity index (χ4n) is 1.84. The van der Waals surface area contributed by atoms with Crippen molar-refractivity contribution in [3.8, 4) is 0 Å². The van der Waals surface area contributed by atoms with Crippen molar-refractivity contribution in [3.63, 3.8) is 0 Å². The van der Waals surface area contributed by atoms with Gasteiger partial charge in [-0.05, 0) is 6.92 Å². The molecule has 17 heavy (non-hydrogen) atoms. The highest BCUT2D eigenvalue weighted by Crippen LogP contribution is 2.27. The lowest BCUT2D eigenvalue weighted by Crippen LogP contribution is -2.28. The first kappa shape index (κ1) is 12.0. The summed E-state index contributed by atoms with van der Waals surface area (Å²) in [4.78, 5) is 15.3. The first-order chi connectivity index (χ1) is 8.02. The summed E-state index contributed by atoms with van der Waals surface area (Å²) in [6.45, 7) is 1.45. The maximum absolute atomic E-state index is 11.6. The molecule has 0 bridgehead atoms. The zero-order chi connectivity index (χ0) is 12.6. The number of nitrogens with zero attached hydrogens (tertiary/aromatic N) is 2. The monoisotopic (exact) mass is 241 g/mol. The number of hydrogen-bond acceptors (Lipinski definition) is 6. The summed E-state index contributed by atoms with van der Waals surface area (Å²) in [5, 5.41) is 18.6. The molecule has 0 radical (unpaired) electrons. The van der Waals surface area contributed by atoms with Crippen LogP contribution in [0.3, 0.4) is 0 Å². The predicted molar refractivity (Wildman–Crippen MR) is 59.3 cm³/mol. The van der Waals surface area contributed by atoms with Crippen LogP contribution in [0.15, 0.2) is 11.0 Å². The predicted octanol–water partition coefficient (Wildman–Crippen LogP) is -1.23. The van der Waals surface area contributed by atoms with Crippen LogP contribution in [0.5, 0.6) is 0 Å². The van der Waals surface area contributed by atoms with Crippen LogP contribution in [0.2, 0.25) is 0 Å². The molecule has 1 aromatic heterocycles. The molecule has 94 valence electrons. The molecule has 1 saturated heterocycles. The molecule has 0 spiro atoms. The fraction of sp³-hybridized carbons (Fsp3) is 0.600.